The summed E-state index contributed by atoms with van der Waals surface area (Å²) in [6, 6.07) is 0. The van der Waals surface area contributed by atoms with E-state index in [0.717, 1.165) is 11.8 Å². The van der Waals surface area contributed by atoms with Crippen LogP contribution in [0.5, 0.6) is 0 Å². The molecule has 0 saturated heterocycles. The van der Waals surface area contributed by atoms with Crippen LogP contribution in [0.4, 0.5) is 0 Å². The highest BCUT2D eigenvalue weighted by Gasteiger charge is 2.40. The number of allylic oxidation sites excluding steroid dienone is 1. The van der Waals surface area contributed by atoms with Gasteiger partial charge in [0, 0.05) is 0 Å². The van der Waals surface area contributed by atoms with Crippen molar-refractivity contribution in [1.82, 2.24) is 0 Å². The van der Waals surface area contributed by atoms with Crippen molar-refractivity contribution in [1.29, 1.82) is 0 Å². The highest BCUT2D eigenvalue weighted by atomic mass is 14.5. The maximum absolute atomic E-state index is 3.92. The summed E-state index contributed by atoms with van der Waals surface area (Å²) in [5.41, 5.74) is 0.873. The van der Waals surface area contributed by atoms with E-state index in [1.807, 2.05) is 0 Å². The Balaban J connectivity index is 2.63. The van der Waals surface area contributed by atoms with E-state index in [-0.39, 0.29) is 0 Å². The van der Waals surface area contributed by atoms with Crippen LogP contribution in [0, 0.1) is 22.7 Å². The molecule has 0 atom stereocenters. The first-order chi connectivity index (χ1) is 6.79. The molecule has 0 heterocycles. The van der Waals surface area contributed by atoms with Crippen molar-refractivity contribution >= 4 is 0 Å². The zero-order valence-electron chi connectivity index (χ0n) is 11.3. The van der Waals surface area contributed by atoms with Crippen LogP contribution < -0.4 is 0 Å². The zero-order valence-corrected chi connectivity index (χ0v) is 11.3. The van der Waals surface area contributed by atoms with Gasteiger partial charge >= 0.3 is 0 Å². The molecule has 0 nitrogen and oxygen atoms in total. The van der Waals surface area contributed by atoms with Gasteiger partial charge < -0.3 is 0 Å². The highest BCUT2D eigenvalue weighted by Crippen LogP contribution is 2.50. The number of rotatable bonds is 2. The molecule has 15 heavy (non-hydrogen) atoms. The lowest BCUT2D eigenvalue weighted by Gasteiger charge is -2.47. The molecule has 0 aliphatic heterocycles. The van der Waals surface area contributed by atoms with E-state index in [1.54, 1.807) is 0 Å². The molecule has 1 aliphatic rings. The van der Waals surface area contributed by atoms with Gasteiger partial charge in [0.15, 0.2) is 0 Å². The van der Waals surface area contributed by atoms with Crippen LogP contribution in [0.3, 0.4) is 0 Å². The Morgan fingerprint density at radius 2 is 1.40 bits per heavy atom. The molecule has 0 aromatic heterocycles. The maximum atomic E-state index is 3.92. The van der Waals surface area contributed by atoms with Crippen molar-refractivity contribution in [3.8, 4) is 0 Å². The summed E-state index contributed by atoms with van der Waals surface area (Å²) >= 11 is 0. The van der Waals surface area contributed by atoms with Crippen molar-refractivity contribution in [3.05, 3.63) is 12.7 Å². The molecule has 0 radical (unpaired) electrons. The Labute approximate surface area is 96.2 Å². The van der Waals surface area contributed by atoms with Crippen LogP contribution in [0.1, 0.15) is 60.3 Å². The van der Waals surface area contributed by atoms with E-state index in [0.29, 0.717) is 10.8 Å². The van der Waals surface area contributed by atoms with E-state index in [2.05, 4.69) is 47.3 Å². The Kier molecular flexibility index (Phi) is 3.68. The maximum Gasteiger partial charge on any atom is -0.0236 e. The average Bonchev–Trinajstić information content (AvgIpc) is 2.16. The van der Waals surface area contributed by atoms with Gasteiger partial charge in [0.05, 0.1) is 0 Å². The SMILES string of the molecule is C=CC1CCC(C(C)(C)C(C)(C)C)CC1. The summed E-state index contributed by atoms with van der Waals surface area (Å²) < 4.78 is 0. The van der Waals surface area contributed by atoms with Crippen molar-refractivity contribution < 1.29 is 0 Å². The molecule has 88 valence electrons. The molecule has 0 aromatic carbocycles. The van der Waals surface area contributed by atoms with Crippen molar-refractivity contribution in [2.45, 2.75) is 60.3 Å². The molecule has 0 N–H and O–H groups in total. The summed E-state index contributed by atoms with van der Waals surface area (Å²) in [5, 5.41) is 0. The van der Waals surface area contributed by atoms with E-state index in [4.69, 9.17) is 0 Å². The fraction of sp³-hybridized carbons (Fsp3) is 0.867. The fourth-order valence-corrected chi connectivity index (χ4v) is 2.69. The minimum atomic E-state index is 0.415. The first-order valence-electron chi connectivity index (χ1n) is 6.41. The Morgan fingerprint density at radius 1 is 0.933 bits per heavy atom. The normalized spacial score (nSPS) is 28.9. The van der Waals surface area contributed by atoms with E-state index >= 15 is 0 Å². The van der Waals surface area contributed by atoms with E-state index in [9.17, 15) is 0 Å². The second-order valence-electron chi connectivity index (χ2n) is 6.82. The third kappa shape index (κ3) is 2.65. The Bertz CT molecular complexity index is 209. The first kappa shape index (κ1) is 12.8. The molecule has 1 rings (SSSR count). The summed E-state index contributed by atoms with van der Waals surface area (Å²) in [6.07, 6.45) is 7.64. The second-order valence-corrected chi connectivity index (χ2v) is 6.82. The minimum absolute atomic E-state index is 0.415. The smallest absolute Gasteiger partial charge is 0.0236 e. The summed E-state index contributed by atoms with van der Waals surface area (Å²) in [5.74, 6) is 1.69. The Morgan fingerprint density at radius 3 is 1.73 bits per heavy atom. The van der Waals surface area contributed by atoms with Gasteiger partial charge in [-0.3, -0.25) is 0 Å². The molecule has 1 saturated carbocycles. The monoisotopic (exact) mass is 208 g/mol. The van der Waals surface area contributed by atoms with Crippen LogP contribution in [-0.2, 0) is 0 Å². The van der Waals surface area contributed by atoms with Crippen LogP contribution >= 0.6 is 0 Å². The second kappa shape index (κ2) is 4.31. The van der Waals surface area contributed by atoms with Crippen LogP contribution in [0.15, 0.2) is 12.7 Å². The van der Waals surface area contributed by atoms with Gasteiger partial charge in [-0.2, -0.15) is 0 Å². The summed E-state index contributed by atoms with van der Waals surface area (Å²) in [4.78, 5) is 0. The summed E-state index contributed by atoms with van der Waals surface area (Å²) in [6.45, 7) is 16.0. The molecule has 0 aromatic rings. The fourth-order valence-electron chi connectivity index (χ4n) is 2.69. The predicted molar refractivity (Wildman–Crippen MR) is 68.9 cm³/mol. The predicted octanol–water partition coefficient (Wildman–Crippen LogP) is 5.05. The molecular weight excluding hydrogens is 180 g/mol. The molecule has 1 fully saturated rings. The van der Waals surface area contributed by atoms with Crippen LogP contribution in [-0.4, -0.2) is 0 Å². The molecule has 0 bridgehead atoms. The third-order valence-corrected chi connectivity index (χ3v) is 5.06. The third-order valence-electron chi connectivity index (χ3n) is 5.06. The van der Waals surface area contributed by atoms with Gasteiger partial charge in [0.1, 0.15) is 0 Å². The first-order valence-corrected chi connectivity index (χ1v) is 6.41. The van der Waals surface area contributed by atoms with Crippen LogP contribution in [0.25, 0.3) is 0 Å². The van der Waals surface area contributed by atoms with E-state index in [1.165, 1.54) is 25.7 Å². The molecule has 0 spiro atoms. The molecule has 0 unspecified atom stereocenters. The van der Waals surface area contributed by atoms with Gasteiger partial charge in [-0.15, -0.1) is 6.58 Å². The Hall–Kier alpha value is -0.260. The van der Waals surface area contributed by atoms with Crippen LogP contribution in [0.2, 0.25) is 0 Å². The largest absolute Gasteiger partial charge is 0.103 e. The summed E-state index contributed by atoms with van der Waals surface area (Å²) in [7, 11) is 0. The minimum Gasteiger partial charge on any atom is -0.103 e. The lowest BCUT2D eigenvalue weighted by atomic mass is 9.58. The standard InChI is InChI=1S/C15H28/c1-7-12-8-10-13(11-9-12)15(5,6)14(2,3)4/h7,12-13H,1,8-11H2,2-6H3. The lowest BCUT2D eigenvalue weighted by Crippen LogP contribution is -2.38. The van der Waals surface area contributed by atoms with Crippen molar-refractivity contribution in [2.75, 3.05) is 0 Å². The van der Waals surface area contributed by atoms with Crippen molar-refractivity contribution in [3.63, 3.8) is 0 Å². The molecule has 0 amide bonds. The van der Waals surface area contributed by atoms with Gasteiger partial charge in [0.2, 0.25) is 0 Å². The van der Waals surface area contributed by atoms with Crippen molar-refractivity contribution in [2.24, 2.45) is 22.7 Å². The number of hydrogen-bond acceptors (Lipinski definition) is 0. The molecule has 1 aliphatic carbocycles. The van der Waals surface area contributed by atoms with Gasteiger partial charge in [-0.05, 0) is 48.3 Å². The zero-order chi connectivity index (χ0) is 11.7. The number of hydrogen-bond donors (Lipinski definition) is 0. The van der Waals surface area contributed by atoms with Gasteiger partial charge in [-0.1, -0.05) is 40.7 Å². The highest BCUT2D eigenvalue weighted by molar-refractivity contribution is 4.93. The van der Waals surface area contributed by atoms with Gasteiger partial charge in [-0.25, -0.2) is 0 Å². The molecule has 0 heteroatoms. The average molecular weight is 208 g/mol. The topological polar surface area (TPSA) is 0 Å². The van der Waals surface area contributed by atoms with Gasteiger partial charge in [0.25, 0.3) is 0 Å². The lowest BCUT2D eigenvalue weighted by molar-refractivity contribution is 0.0274. The quantitative estimate of drug-likeness (QED) is 0.557. The van der Waals surface area contributed by atoms with E-state index < -0.39 is 0 Å². The molecular formula is C15H28.